The van der Waals surface area contributed by atoms with Crippen LogP contribution in [0.3, 0.4) is 0 Å². The monoisotopic (exact) mass is 237 g/mol. The first-order chi connectivity index (χ1) is 8.15. The molecule has 0 amide bonds. The van der Waals surface area contributed by atoms with Crippen molar-refractivity contribution in [3.05, 3.63) is 11.8 Å². The van der Waals surface area contributed by atoms with Crippen LogP contribution < -0.4 is 16.6 Å². The van der Waals surface area contributed by atoms with Gasteiger partial charge in [0.2, 0.25) is 5.95 Å². The minimum absolute atomic E-state index is 0.657. The fourth-order valence-electron chi connectivity index (χ4n) is 1.51. The van der Waals surface area contributed by atoms with Gasteiger partial charge in [0.1, 0.15) is 5.82 Å². The summed E-state index contributed by atoms with van der Waals surface area (Å²) < 4.78 is 0. The second-order valence-corrected chi connectivity index (χ2v) is 4.57. The molecule has 1 heterocycles. The van der Waals surface area contributed by atoms with E-state index < -0.39 is 0 Å². The maximum atomic E-state index is 5.39. The van der Waals surface area contributed by atoms with Gasteiger partial charge in [-0.05, 0) is 18.8 Å². The quantitative estimate of drug-likeness (QED) is 0.500. The van der Waals surface area contributed by atoms with Gasteiger partial charge in [-0.25, -0.2) is 10.8 Å². The van der Waals surface area contributed by atoms with Crippen LogP contribution in [-0.2, 0) is 6.42 Å². The van der Waals surface area contributed by atoms with Crippen molar-refractivity contribution in [3.63, 3.8) is 0 Å². The molecule has 1 aromatic rings. The maximum absolute atomic E-state index is 5.39. The number of nitrogens with zero attached hydrogens (tertiary/aromatic N) is 2. The largest absolute Gasteiger partial charge is 0.354 e. The summed E-state index contributed by atoms with van der Waals surface area (Å²) in [6.07, 6.45) is 3.11. The highest BCUT2D eigenvalue weighted by molar-refractivity contribution is 5.41. The van der Waals surface area contributed by atoms with Crippen molar-refractivity contribution in [2.75, 3.05) is 17.3 Å². The van der Waals surface area contributed by atoms with Crippen LogP contribution in [0.2, 0.25) is 0 Å². The number of nitrogens with two attached hydrogens (primary N) is 1. The molecule has 5 nitrogen and oxygen atoms in total. The lowest BCUT2D eigenvalue weighted by molar-refractivity contribution is 0.605. The third-order valence-electron chi connectivity index (χ3n) is 2.44. The van der Waals surface area contributed by atoms with Gasteiger partial charge in [0.15, 0.2) is 0 Å². The van der Waals surface area contributed by atoms with E-state index in [9.17, 15) is 0 Å². The van der Waals surface area contributed by atoms with Crippen molar-refractivity contribution in [1.82, 2.24) is 9.97 Å². The molecular formula is C12H23N5. The van der Waals surface area contributed by atoms with Crippen molar-refractivity contribution in [1.29, 1.82) is 0 Å². The van der Waals surface area contributed by atoms with Crippen LogP contribution in [0.5, 0.6) is 0 Å². The fourth-order valence-corrected chi connectivity index (χ4v) is 1.51. The number of rotatable bonds is 7. The Bertz CT molecular complexity index is 338. The Balaban J connectivity index is 2.66. The van der Waals surface area contributed by atoms with Gasteiger partial charge in [0, 0.05) is 18.3 Å². The zero-order chi connectivity index (χ0) is 12.7. The summed E-state index contributed by atoms with van der Waals surface area (Å²) >= 11 is 0. The summed E-state index contributed by atoms with van der Waals surface area (Å²) in [5.41, 5.74) is 3.59. The highest BCUT2D eigenvalue weighted by atomic mass is 15.3. The van der Waals surface area contributed by atoms with Gasteiger partial charge in [-0.1, -0.05) is 27.2 Å². The van der Waals surface area contributed by atoms with Crippen LogP contribution in [0.15, 0.2) is 6.07 Å². The summed E-state index contributed by atoms with van der Waals surface area (Å²) in [6.45, 7) is 7.41. The summed E-state index contributed by atoms with van der Waals surface area (Å²) in [6, 6.07) is 1.89. The Labute approximate surface area is 103 Å². The molecule has 0 aromatic carbocycles. The van der Waals surface area contributed by atoms with Gasteiger partial charge < -0.3 is 10.7 Å². The molecule has 0 unspecified atom stereocenters. The van der Waals surface area contributed by atoms with E-state index in [0.29, 0.717) is 17.7 Å². The minimum atomic E-state index is 0.657. The molecule has 1 aromatic heterocycles. The first-order valence-electron chi connectivity index (χ1n) is 6.24. The van der Waals surface area contributed by atoms with Crippen LogP contribution in [0.1, 0.15) is 39.3 Å². The van der Waals surface area contributed by atoms with Gasteiger partial charge in [-0.3, -0.25) is 0 Å². The van der Waals surface area contributed by atoms with Crippen LogP contribution in [0.25, 0.3) is 0 Å². The Morgan fingerprint density at radius 1 is 1.35 bits per heavy atom. The molecule has 0 saturated carbocycles. The Morgan fingerprint density at radius 2 is 2.12 bits per heavy atom. The highest BCUT2D eigenvalue weighted by Crippen LogP contribution is 2.11. The predicted molar refractivity (Wildman–Crippen MR) is 71.8 cm³/mol. The second-order valence-electron chi connectivity index (χ2n) is 4.57. The van der Waals surface area contributed by atoms with Crippen molar-refractivity contribution >= 4 is 11.8 Å². The van der Waals surface area contributed by atoms with E-state index in [4.69, 9.17) is 5.84 Å². The van der Waals surface area contributed by atoms with Gasteiger partial charge in [0.05, 0.1) is 0 Å². The lowest BCUT2D eigenvalue weighted by Crippen LogP contribution is -2.13. The predicted octanol–water partition coefficient (Wildman–Crippen LogP) is 2.17. The lowest BCUT2D eigenvalue weighted by Gasteiger charge is -2.10. The molecule has 96 valence electrons. The van der Waals surface area contributed by atoms with Gasteiger partial charge in [-0.2, -0.15) is 4.98 Å². The Hall–Kier alpha value is -1.36. The number of anilines is 2. The molecule has 0 saturated heterocycles. The van der Waals surface area contributed by atoms with Crippen molar-refractivity contribution < 1.29 is 0 Å². The molecule has 0 atom stereocenters. The minimum Gasteiger partial charge on any atom is -0.354 e. The normalized spacial score (nSPS) is 10.6. The standard InChI is InChI=1S/C12H23N5/c1-4-5-10-8-11(17-13)16-12(15-10)14-7-6-9(2)3/h8-9H,4-7,13H2,1-3H3,(H2,14,15,16,17). The molecule has 17 heavy (non-hydrogen) atoms. The zero-order valence-electron chi connectivity index (χ0n) is 11.0. The molecule has 5 heteroatoms. The summed E-state index contributed by atoms with van der Waals surface area (Å²) in [4.78, 5) is 8.72. The second kappa shape index (κ2) is 7.06. The third-order valence-corrected chi connectivity index (χ3v) is 2.44. The number of nitrogen functional groups attached to an aromatic ring is 1. The summed E-state index contributed by atoms with van der Waals surface area (Å²) in [5, 5.41) is 3.23. The molecule has 0 bridgehead atoms. The van der Waals surface area contributed by atoms with E-state index in [-0.39, 0.29) is 0 Å². The van der Waals surface area contributed by atoms with Gasteiger partial charge in [0.25, 0.3) is 0 Å². The van der Waals surface area contributed by atoms with Crippen LogP contribution in [0, 0.1) is 5.92 Å². The van der Waals surface area contributed by atoms with Crippen molar-refractivity contribution in [2.45, 2.75) is 40.0 Å². The maximum Gasteiger partial charge on any atom is 0.224 e. The zero-order valence-corrected chi connectivity index (χ0v) is 11.0. The molecule has 0 radical (unpaired) electrons. The number of aromatic nitrogens is 2. The van der Waals surface area contributed by atoms with Crippen molar-refractivity contribution in [2.24, 2.45) is 11.8 Å². The van der Waals surface area contributed by atoms with E-state index in [2.05, 4.69) is 41.5 Å². The average Bonchev–Trinajstić information content (AvgIpc) is 2.28. The van der Waals surface area contributed by atoms with Crippen LogP contribution in [-0.4, -0.2) is 16.5 Å². The van der Waals surface area contributed by atoms with E-state index in [1.165, 1.54) is 0 Å². The van der Waals surface area contributed by atoms with Crippen molar-refractivity contribution in [3.8, 4) is 0 Å². The van der Waals surface area contributed by atoms with E-state index in [1.807, 2.05) is 6.07 Å². The molecule has 0 spiro atoms. The number of hydrogen-bond donors (Lipinski definition) is 3. The molecule has 0 aliphatic heterocycles. The number of hydrogen-bond acceptors (Lipinski definition) is 5. The fraction of sp³-hybridized carbons (Fsp3) is 0.667. The highest BCUT2D eigenvalue weighted by Gasteiger charge is 2.03. The first kappa shape index (κ1) is 13.7. The van der Waals surface area contributed by atoms with Gasteiger partial charge in [-0.15, -0.1) is 0 Å². The molecule has 0 fully saturated rings. The Morgan fingerprint density at radius 3 is 2.71 bits per heavy atom. The smallest absolute Gasteiger partial charge is 0.224 e. The lowest BCUT2D eigenvalue weighted by atomic mass is 10.1. The topological polar surface area (TPSA) is 75.9 Å². The van der Waals surface area contributed by atoms with Crippen LogP contribution in [0.4, 0.5) is 11.8 Å². The first-order valence-corrected chi connectivity index (χ1v) is 6.24. The molecular weight excluding hydrogens is 214 g/mol. The van der Waals surface area contributed by atoms with E-state index in [1.54, 1.807) is 0 Å². The molecule has 1 rings (SSSR count). The number of nitrogens with one attached hydrogen (secondary N) is 2. The summed E-state index contributed by atoms with van der Waals surface area (Å²) in [7, 11) is 0. The van der Waals surface area contributed by atoms with Crippen LogP contribution >= 0.6 is 0 Å². The molecule has 0 aliphatic rings. The molecule has 0 aliphatic carbocycles. The summed E-state index contributed by atoms with van der Waals surface area (Å²) in [5.74, 6) is 7.39. The van der Waals surface area contributed by atoms with Gasteiger partial charge >= 0.3 is 0 Å². The number of aryl methyl sites for hydroxylation is 1. The number of hydrazine groups is 1. The SMILES string of the molecule is CCCc1cc(NN)nc(NCCC(C)C)n1. The Kier molecular flexibility index (Phi) is 5.69. The molecule has 4 N–H and O–H groups in total. The van der Waals surface area contributed by atoms with E-state index in [0.717, 1.165) is 31.5 Å². The third kappa shape index (κ3) is 4.99. The average molecular weight is 237 g/mol. The van der Waals surface area contributed by atoms with E-state index >= 15 is 0 Å².